The molecule has 0 radical (unpaired) electrons. The molecule has 192 valence electrons. The van der Waals surface area contributed by atoms with Gasteiger partial charge in [0.1, 0.15) is 0 Å². The number of amides is 4. The van der Waals surface area contributed by atoms with Crippen molar-refractivity contribution in [2.24, 2.45) is 0 Å². The van der Waals surface area contributed by atoms with Crippen molar-refractivity contribution in [1.82, 2.24) is 5.32 Å². The van der Waals surface area contributed by atoms with E-state index >= 15 is 0 Å². The highest BCUT2D eigenvalue weighted by Gasteiger charge is 2.17. The molecular formula is C28H30N4O5. The predicted octanol–water partition coefficient (Wildman–Crippen LogP) is 4.44. The predicted molar refractivity (Wildman–Crippen MR) is 143 cm³/mol. The van der Waals surface area contributed by atoms with E-state index in [4.69, 9.17) is 5.11 Å². The van der Waals surface area contributed by atoms with E-state index in [2.05, 4.69) is 16.0 Å². The third-order valence-electron chi connectivity index (χ3n) is 5.58. The Bertz CT molecular complexity index is 1260. The molecule has 3 rings (SSSR count). The van der Waals surface area contributed by atoms with E-state index < -0.39 is 5.97 Å². The number of carboxylic acids is 1. The maximum absolute atomic E-state index is 12.8. The Morgan fingerprint density at radius 3 is 2.16 bits per heavy atom. The van der Waals surface area contributed by atoms with E-state index in [1.165, 1.54) is 17.0 Å². The van der Waals surface area contributed by atoms with Crippen molar-refractivity contribution in [2.75, 3.05) is 28.6 Å². The van der Waals surface area contributed by atoms with Crippen LogP contribution in [0.2, 0.25) is 0 Å². The Labute approximate surface area is 215 Å². The number of carbonyl (C=O) groups excluding carboxylic acids is 3. The molecule has 4 N–H and O–H groups in total. The zero-order valence-corrected chi connectivity index (χ0v) is 20.8. The van der Waals surface area contributed by atoms with Crippen LogP contribution < -0.4 is 20.9 Å². The molecule has 0 aliphatic carbocycles. The van der Waals surface area contributed by atoms with Crippen LogP contribution in [0.3, 0.4) is 0 Å². The molecule has 3 aromatic rings. The third kappa shape index (κ3) is 7.93. The highest BCUT2D eigenvalue weighted by atomic mass is 16.4. The highest BCUT2D eigenvalue weighted by Crippen LogP contribution is 2.17. The largest absolute Gasteiger partial charge is 0.478 e. The summed E-state index contributed by atoms with van der Waals surface area (Å²) in [6, 6.07) is 20.0. The maximum atomic E-state index is 12.8. The standard InChI is InChI=1S/C28H30N4O5/c1-3-16-32(23-14-10-21(11-15-23)27(35)36)26(34)18-29-25(33)17-20-8-12-22(13-9-20)30-28(37)31-24-7-5-4-6-19(24)2/h4-15H,3,16-18H2,1-2H3,(H,29,33)(H,35,36)(H2,30,31,37). The molecule has 0 aromatic heterocycles. The minimum atomic E-state index is -1.04. The van der Waals surface area contributed by atoms with Crippen molar-refractivity contribution in [3.05, 3.63) is 89.5 Å². The quantitative estimate of drug-likeness (QED) is 0.326. The van der Waals surface area contributed by atoms with Crippen LogP contribution in [0, 0.1) is 6.92 Å². The average Bonchev–Trinajstić information content (AvgIpc) is 2.88. The lowest BCUT2D eigenvalue weighted by atomic mass is 10.1. The van der Waals surface area contributed by atoms with Gasteiger partial charge in [0, 0.05) is 23.6 Å². The van der Waals surface area contributed by atoms with Gasteiger partial charge in [-0.1, -0.05) is 37.3 Å². The van der Waals surface area contributed by atoms with E-state index in [0.717, 1.165) is 16.8 Å². The number of aromatic carboxylic acids is 1. The number of rotatable bonds is 10. The van der Waals surface area contributed by atoms with Gasteiger partial charge in [-0.05, 0) is 66.9 Å². The van der Waals surface area contributed by atoms with Gasteiger partial charge in [0.2, 0.25) is 11.8 Å². The number of nitrogens with one attached hydrogen (secondary N) is 3. The van der Waals surface area contributed by atoms with Crippen LogP contribution in [0.1, 0.15) is 34.8 Å². The van der Waals surface area contributed by atoms with E-state index in [1.54, 1.807) is 36.4 Å². The lowest BCUT2D eigenvalue weighted by Crippen LogP contribution is -2.41. The second-order valence-electron chi connectivity index (χ2n) is 8.44. The number of hydrogen-bond acceptors (Lipinski definition) is 4. The van der Waals surface area contributed by atoms with Gasteiger partial charge in [0.15, 0.2) is 0 Å². The van der Waals surface area contributed by atoms with Crippen LogP contribution in [-0.2, 0) is 16.0 Å². The van der Waals surface area contributed by atoms with Crippen molar-refractivity contribution < 1.29 is 24.3 Å². The van der Waals surface area contributed by atoms with Crippen LogP contribution in [0.4, 0.5) is 21.9 Å². The van der Waals surface area contributed by atoms with E-state index in [9.17, 15) is 19.2 Å². The van der Waals surface area contributed by atoms with Gasteiger partial charge >= 0.3 is 12.0 Å². The Balaban J connectivity index is 1.50. The van der Waals surface area contributed by atoms with E-state index in [1.807, 2.05) is 38.1 Å². The molecule has 0 fully saturated rings. The molecule has 0 aliphatic heterocycles. The van der Waals surface area contributed by atoms with Crippen molar-refractivity contribution in [3.8, 4) is 0 Å². The Kier molecular flexibility index (Phi) is 9.37. The molecule has 0 bridgehead atoms. The summed E-state index contributed by atoms with van der Waals surface area (Å²) in [6.07, 6.45) is 0.772. The summed E-state index contributed by atoms with van der Waals surface area (Å²) in [5, 5.41) is 17.3. The van der Waals surface area contributed by atoms with Gasteiger partial charge in [0.25, 0.3) is 0 Å². The normalized spacial score (nSPS) is 10.3. The monoisotopic (exact) mass is 502 g/mol. The number of benzene rings is 3. The first-order chi connectivity index (χ1) is 17.8. The maximum Gasteiger partial charge on any atom is 0.335 e. The Hall–Kier alpha value is -4.66. The van der Waals surface area contributed by atoms with Crippen molar-refractivity contribution in [2.45, 2.75) is 26.7 Å². The van der Waals surface area contributed by atoms with Crippen molar-refractivity contribution in [3.63, 3.8) is 0 Å². The van der Waals surface area contributed by atoms with Crippen LogP contribution in [0.5, 0.6) is 0 Å². The molecule has 37 heavy (non-hydrogen) atoms. The number of urea groups is 1. The second-order valence-corrected chi connectivity index (χ2v) is 8.44. The van der Waals surface area contributed by atoms with Gasteiger partial charge in [-0.3, -0.25) is 9.59 Å². The lowest BCUT2D eigenvalue weighted by molar-refractivity contribution is -0.124. The summed E-state index contributed by atoms with van der Waals surface area (Å²) in [6.45, 7) is 4.09. The molecule has 0 aliphatic rings. The fraction of sp³-hybridized carbons (Fsp3) is 0.214. The van der Waals surface area contributed by atoms with Crippen molar-refractivity contribution in [1.29, 1.82) is 0 Å². The lowest BCUT2D eigenvalue weighted by Gasteiger charge is -2.22. The summed E-state index contributed by atoms with van der Waals surface area (Å²) in [4.78, 5) is 50.0. The molecule has 4 amide bonds. The number of hydrogen-bond donors (Lipinski definition) is 4. The zero-order chi connectivity index (χ0) is 26.8. The number of para-hydroxylation sites is 1. The highest BCUT2D eigenvalue weighted by molar-refractivity contribution is 6.00. The van der Waals surface area contributed by atoms with Gasteiger partial charge in [-0.2, -0.15) is 0 Å². The first kappa shape index (κ1) is 26.9. The molecule has 9 nitrogen and oxygen atoms in total. The van der Waals surface area contributed by atoms with Gasteiger partial charge in [0.05, 0.1) is 18.5 Å². The van der Waals surface area contributed by atoms with Crippen LogP contribution in [-0.4, -0.2) is 42.0 Å². The number of carboxylic acid groups (broad SMARTS) is 1. The van der Waals surface area contributed by atoms with E-state index in [0.29, 0.717) is 24.3 Å². The molecule has 0 heterocycles. The van der Waals surface area contributed by atoms with Gasteiger partial charge in [-0.25, -0.2) is 9.59 Å². The molecule has 0 spiro atoms. The number of anilines is 3. The molecule has 0 unspecified atom stereocenters. The number of aryl methyl sites for hydroxylation is 1. The minimum Gasteiger partial charge on any atom is -0.478 e. The second kappa shape index (κ2) is 12.9. The fourth-order valence-electron chi connectivity index (χ4n) is 3.63. The van der Waals surface area contributed by atoms with Crippen LogP contribution in [0.25, 0.3) is 0 Å². The summed E-state index contributed by atoms with van der Waals surface area (Å²) in [7, 11) is 0. The molecule has 3 aromatic carbocycles. The summed E-state index contributed by atoms with van der Waals surface area (Å²) in [5.41, 5.74) is 3.68. The average molecular weight is 503 g/mol. The summed E-state index contributed by atoms with van der Waals surface area (Å²) >= 11 is 0. The molecule has 0 saturated heterocycles. The molecular weight excluding hydrogens is 472 g/mol. The first-order valence-electron chi connectivity index (χ1n) is 11.9. The first-order valence-corrected chi connectivity index (χ1v) is 11.9. The fourth-order valence-corrected chi connectivity index (χ4v) is 3.63. The smallest absolute Gasteiger partial charge is 0.335 e. The van der Waals surface area contributed by atoms with Crippen molar-refractivity contribution >= 4 is 40.9 Å². The van der Waals surface area contributed by atoms with Gasteiger partial charge in [-0.15, -0.1) is 0 Å². The molecule has 0 saturated carbocycles. The minimum absolute atomic E-state index is 0.0735. The Morgan fingerprint density at radius 2 is 1.54 bits per heavy atom. The third-order valence-corrected chi connectivity index (χ3v) is 5.58. The molecule has 9 heteroatoms. The van der Waals surface area contributed by atoms with Gasteiger partial charge < -0.3 is 26.0 Å². The molecule has 0 atom stereocenters. The zero-order valence-electron chi connectivity index (χ0n) is 20.8. The van der Waals surface area contributed by atoms with Crippen LogP contribution in [0.15, 0.2) is 72.8 Å². The summed E-state index contributed by atoms with van der Waals surface area (Å²) in [5.74, 6) is -1.65. The number of carbonyl (C=O) groups is 4. The SMILES string of the molecule is CCCN(C(=O)CNC(=O)Cc1ccc(NC(=O)Nc2ccccc2C)cc1)c1ccc(C(=O)O)cc1. The van der Waals surface area contributed by atoms with E-state index in [-0.39, 0.29) is 36.4 Å². The number of nitrogens with zero attached hydrogens (tertiary/aromatic N) is 1. The Morgan fingerprint density at radius 1 is 0.865 bits per heavy atom. The van der Waals surface area contributed by atoms with Crippen LogP contribution >= 0.6 is 0 Å². The summed E-state index contributed by atoms with van der Waals surface area (Å²) < 4.78 is 0. The topological polar surface area (TPSA) is 128 Å².